The van der Waals surface area contributed by atoms with Crippen molar-refractivity contribution in [3.63, 3.8) is 0 Å². The molecule has 27 heavy (non-hydrogen) atoms. The van der Waals surface area contributed by atoms with Crippen LogP contribution in [0.15, 0.2) is 23.8 Å². The molecule has 146 valence electrons. The molecule has 8 atom stereocenters. The minimum atomic E-state index is -1.50. The van der Waals surface area contributed by atoms with E-state index in [1.165, 1.54) is 0 Å². The van der Waals surface area contributed by atoms with Gasteiger partial charge in [-0.05, 0) is 62.5 Å². The molecule has 0 aromatic rings. The lowest BCUT2D eigenvalue weighted by molar-refractivity contribution is -0.165. The number of allylic oxidation sites excluding steroid dienone is 2. The van der Waals surface area contributed by atoms with Crippen molar-refractivity contribution < 1.29 is 24.5 Å². The van der Waals surface area contributed by atoms with Gasteiger partial charge in [0.2, 0.25) is 0 Å². The highest BCUT2D eigenvalue weighted by Crippen LogP contribution is 2.76. The van der Waals surface area contributed by atoms with Crippen LogP contribution in [0.2, 0.25) is 0 Å². The second-order valence-corrected chi connectivity index (χ2v) is 9.86. The zero-order chi connectivity index (χ0) is 19.4. The number of fused-ring (bicyclic) bond motifs is 3. The summed E-state index contributed by atoms with van der Waals surface area (Å²) in [6.07, 6.45) is 8.58. The van der Waals surface area contributed by atoms with Crippen LogP contribution in [0.1, 0.15) is 46.5 Å². The van der Waals surface area contributed by atoms with Gasteiger partial charge in [-0.25, -0.2) is 0 Å². The highest BCUT2D eigenvalue weighted by atomic mass is 16.6. The molecule has 5 aliphatic rings. The molecule has 3 saturated carbocycles. The summed E-state index contributed by atoms with van der Waals surface area (Å²) in [4.78, 5) is 24.5. The average Bonchev–Trinajstić information content (AvgIpc) is 3.31. The molecule has 5 rings (SSSR count). The van der Waals surface area contributed by atoms with Crippen LogP contribution in [0, 0.1) is 28.6 Å². The summed E-state index contributed by atoms with van der Waals surface area (Å²) in [5.74, 6) is -0.193. The van der Waals surface area contributed by atoms with Gasteiger partial charge in [0.05, 0.1) is 6.10 Å². The van der Waals surface area contributed by atoms with Gasteiger partial charge >= 0.3 is 0 Å². The number of hydrogen-bond acceptors (Lipinski definition) is 5. The summed E-state index contributed by atoms with van der Waals surface area (Å²) in [5, 5.41) is 21.0. The Kier molecular flexibility index (Phi) is 3.29. The van der Waals surface area contributed by atoms with Crippen molar-refractivity contribution in [1.29, 1.82) is 0 Å². The van der Waals surface area contributed by atoms with Crippen LogP contribution >= 0.6 is 0 Å². The molecular formula is C22H28O5. The number of aliphatic hydroxyl groups is 2. The number of epoxide rings is 1. The Morgan fingerprint density at radius 3 is 2.78 bits per heavy atom. The molecule has 0 unspecified atom stereocenters. The predicted molar refractivity (Wildman–Crippen MR) is 97.7 cm³/mol. The first-order valence-corrected chi connectivity index (χ1v) is 10.1. The normalized spacial score (nSPS) is 55.1. The summed E-state index contributed by atoms with van der Waals surface area (Å²) in [6.45, 7) is 5.51. The number of Topliss-reactive ketones (excluding diaryl/α,β-unsaturated/α-hetero) is 1. The molecule has 0 radical (unpaired) electrons. The monoisotopic (exact) mass is 372 g/mol. The van der Waals surface area contributed by atoms with Crippen LogP contribution < -0.4 is 0 Å². The maximum Gasteiger partial charge on any atom is 0.190 e. The predicted octanol–water partition coefficient (Wildman–Crippen LogP) is 1.96. The van der Waals surface area contributed by atoms with E-state index in [9.17, 15) is 19.8 Å². The van der Waals surface area contributed by atoms with E-state index in [4.69, 9.17) is 4.74 Å². The maximum atomic E-state index is 12.6. The smallest absolute Gasteiger partial charge is 0.190 e. The third-order valence-corrected chi connectivity index (χ3v) is 9.08. The van der Waals surface area contributed by atoms with Gasteiger partial charge in [0.25, 0.3) is 0 Å². The minimum absolute atomic E-state index is 0.0291. The molecule has 1 aliphatic heterocycles. The minimum Gasteiger partial charge on any atom is -0.388 e. The fraction of sp³-hybridized carbons (Fsp3) is 0.727. The van der Waals surface area contributed by atoms with Crippen molar-refractivity contribution in [3.8, 4) is 0 Å². The first kappa shape index (κ1) is 17.8. The van der Waals surface area contributed by atoms with Crippen LogP contribution in [-0.4, -0.2) is 45.7 Å². The average molecular weight is 372 g/mol. The standard InChI is InChI=1S/C22H28O5/c1-12-8-16-15-5-4-13-9-14(24)6-7-19(13,2)22(15)18(27-22)10-20(16,3)21(12,26)17(25)11-23/h6-7,9,12,15-16,18,23,26H,4-5,8,10-11H2,1-3H3/t12-,15+,16+,18-,19-,20-,21+,22+/m0/s1. The van der Waals surface area contributed by atoms with Gasteiger partial charge in [-0.1, -0.05) is 25.5 Å². The number of ether oxygens (including phenoxy) is 1. The van der Waals surface area contributed by atoms with Crippen molar-refractivity contribution in [3.05, 3.63) is 23.8 Å². The van der Waals surface area contributed by atoms with Gasteiger partial charge in [-0.15, -0.1) is 0 Å². The van der Waals surface area contributed by atoms with Crippen molar-refractivity contribution in [1.82, 2.24) is 0 Å². The van der Waals surface area contributed by atoms with Gasteiger partial charge in [-0.2, -0.15) is 0 Å². The van der Waals surface area contributed by atoms with E-state index in [-0.39, 0.29) is 40.7 Å². The van der Waals surface area contributed by atoms with Gasteiger partial charge in [-0.3, -0.25) is 9.59 Å². The van der Waals surface area contributed by atoms with Crippen LogP contribution in [0.5, 0.6) is 0 Å². The van der Waals surface area contributed by atoms with Crippen molar-refractivity contribution in [2.75, 3.05) is 6.61 Å². The largest absolute Gasteiger partial charge is 0.388 e. The molecule has 0 amide bonds. The molecular weight excluding hydrogens is 344 g/mol. The molecule has 5 nitrogen and oxygen atoms in total. The lowest BCUT2D eigenvalue weighted by Gasteiger charge is -2.55. The van der Waals surface area contributed by atoms with Crippen LogP contribution in [0.3, 0.4) is 0 Å². The maximum absolute atomic E-state index is 12.6. The molecule has 1 heterocycles. The Morgan fingerprint density at radius 2 is 2.07 bits per heavy atom. The second-order valence-electron chi connectivity index (χ2n) is 9.86. The Bertz CT molecular complexity index is 814. The third-order valence-electron chi connectivity index (χ3n) is 9.08. The first-order chi connectivity index (χ1) is 12.6. The molecule has 0 aromatic carbocycles. The van der Waals surface area contributed by atoms with Crippen molar-refractivity contribution in [2.45, 2.75) is 63.8 Å². The van der Waals surface area contributed by atoms with Crippen molar-refractivity contribution >= 4 is 11.6 Å². The van der Waals surface area contributed by atoms with Gasteiger partial charge < -0.3 is 14.9 Å². The Morgan fingerprint density at radius 1 is 1.33 bits per heavy atom. The number of carbonyl (C=O) groups excluding carboxylic acids is 2. The lowest BCUT2D eigenvalue weighted by atomic mass is 9.46. The molecule has 5 heteroatoms. The summed E-state index contributed by atoms with van der Waals surface area (Å²) < 4.78 is 6.43. The summed E-state index contributed by atoms with van der Waals surface area (Å²) in [6, 6.07) is 0. The van der Waals surface area contributed by atoms with E-state index < -0.39 is 23.4 Å². The highest BCUT2D eigenvalue weighted by molar-refractivity contribution is 6.01. The van der Waals surface area contributed by atoms with E-state index in [0.29, 0.717) is 6.42 Å². The Hall–Kier alpha value is -1.30. The van der Waals surface area contributed by atoms with E-state index in [1.54, 1.807) is 12.2 Å². The number of aliphatic hydroxyl groups excluding tert-OH is 1. The lowest BCUT2D eigenvalue weighted by Crippen LogP contribution is -2.62. The van der Waals surface area contributed by atoms with Gasteiger partial charge in [0.15, 0.2) is 11.6 Å². The SMILES string of the molecule is C[C@H]1C[C@@H]2[C@H]3CCC4=CC(=O)C=C[C@]4(C)[C@@]34O[C@H]4C[C@]2(C)[C@]1(O)C(=O)CO. The van der Waals surface area contributed by atoms with Crippen LogP contribution in [-0.2, 0) is 14.3 Å². The number of rotatable bonds is 2. The quantitative estimate of drug-likeness (QED) is 0.724. The molecule has 1 saturated heterocycles. The van der Waals surface area contributed by atoms with E-state index in [0.717, 1.165) is 24.8 Å². The first-order valence-electron chi connectivity index (χ1n) is 10.1. The molecule has 0 bridgehead atoms. The second kappa shape index (κ2) is 5.00. The number of ketones is 2. The fourth-order valence-electron chi connectivity index (χ4n) is 7.70. The molecule has 0 aromatic heterocycles. The molecule has 2 N–H and O–H groups in total. The van der Waals surface area contributed by atoms with E-state index in [2.05, 4.69) is 6.92 Å². The Labute approximate surface area is 159 Å². The third kappa shape index (κ3) is 1.73. The van der Waals surface area contributed by atoms with E-state index in [1.807, 2.05) is 19.9 Å². The van der Waals surface area contributed by atoms with Crippen LogP contribution in [0.25, 0.3) is 0 Å². The van der Waals surface area contributed by atoms with E-state index >= 15 is 0 Å². The zero-order valence-electron chi connectivity index (χ0n) is 16.2. The molecule has 1 spiro atoms. The van der Waals surface area contributed by atoms with Crippen LogP contribution in [0.4, 0.5) is 0 Å². The molecule has 4 aliphatic carbocycles. The topological polar surface area (TPSA) is 87.1 Å². The number of carbonyl (C=O) groups is 2. The number of hydrogen-bond donors (Lipinski definition) is 2. The Balaban J connectivity index is 1.60. The zero-order valence-corrected chi connectivity index (χ0v) is 16.2. The van der Waals surface area contributed by atoms with Gasteiger partial charge in [0.1, 0.15) is 17.8 Å². The fourth-order valence-corrected chi connectivity index (χ4v) is 7.70. The summed E-state index contributed by atoms with van der Waals surface area (Å²) in [5.41, 5.74) is -1.55. The summed E-state index contributed by atoms with van der Waals surface area (Å²) in [7, 11) is 0. The van der Waals surface area contributed by atoms with Crippen molar-refractivity contribution in [2.24, 2.45) is 28.6 Å². The van der Waals surface area contributed by atoms with Gasteiger partial charge in [0, 0.05) is 10.8 Å². The summed E-state index contributed by atoms with van der Waals surface area (Å²) >= 11 is 0. The molecule has 4 fully saturated rings. The highest BCUT2D eigenvalue weighted by Gasteiger charge is 2.81.